The highest BCUT2D eigenvalue weighted by atomic mass is 32.2. The van der Waals surface area contributed by atoms with Crippen molar-refractivity contribution in [3.8, 4) is 0 Å². The quantitative estimate of drug-likeness (QED) is 0.364. The molecular formula is C12H18N4O4S2. The van der Waals surface area contributed by atoms with Crippen LogP contribution in [0.1, 0.15) is 12.8 Å². The van der Waals surface area contributed by atoms with Gasteiger partial charge in [-0.25, -0.2) is 20.9 Å². The van der Waals surface area contributed by atoms with E-state index < -0.39 is 0 Å². The third kappa shape index (κ3) is 8.17. The molecule has 0 fully saturated rings. The zero-order valence-corrected chi connectivity index (χ0v) is 14.0. The van der Waals surface area contributed by atoms with Crippen LogP contribution in [-0.4, -0.2) is 47.5 Å². The van der Waals surface area contributed by atoms with Gasteiger partial charge in [0.05, 0.1) is 14.2 Å². The Morgan fingerprint density at radius 1 is 1.00 bits per heavy atom. The van der Waals surface area contributed by atoms with E-state index in [1.54, 1.807) is 0 Å². The second-order valence-corrected chi connectivity index (χ2v) is 6.08. The fraction of sp³-hybridized carbons (Fsp3) is 0.500. The number of nitrogens with zero attached hydrogens (tertiary/aromatic N) is 2. The van der Waals surface area contributed by atoms with E-state index in [1.807, 2.05) is 6.07 Å². The number of amides is 2. The van der Waals surface area contributed by atoms with Gasteiger partial charge in [0, 0.05) is 30.4 Å². The Morgan fingerprint density at radius 2 is 1.45 bits per heavy atom. The number of carbonyl (C=O) groups excluding carboxylic acids is 2. The first-order valence-electron chi connectivity index (χ1n) is 6.37. The Hall–Kier alpha value is -1.36. The Morgan fingerprint density at radius 3 is 1.86 bits per heavy atom. The average Bonchev–Trinajstić information content (AvgIpc) is 2.48. The number of hydroxylamine groups is 2. The number of carbonyl (C=O) groups is 2. The molecule has 0 aromatic carbocycles. The topological polar surface area (TPSA) is 102 Å². The zero-order chi connectivity index (χ0) is 16.2. The maximum absolute atomic E-state index is 11.2. The van der Waals surface area contributed by atoms with Gasteiger partial charge in [0.1, 0.15) is 16.4 Å². The Kier molecular flexibility index (Phi) is 9.55. The molecule has 0 atom stereocenters. The lowest BCUT2D eigenvalue weighted by Gasteiger charge is -2.04. The Balaban J connectivity index is 2.32. The predicted molar refractivity (Wildman–Crippen MR) is 83.0 cm³/mol. The highest BCUT2D eigenvalue weighted by Crippen LogP contribution is 2.22. The standard InChI is InChI=1S/C12H18N4O4S2/c1-19-15-9(17)3-5-21-11-7-12(14-8-13-11)22-6-4-10(18)16-20-2/h7-8H,3-6H2,1-2H3,(H,15,17)(H,16,18). The first kappa shape index (κ1) is 18.7. The van der Waals surface area contributed by atoms with Gasteiger partial charge in [-0.15, -0.1) is 23.5 Å². The first-order valence-corrected chi connectivity index (χ1v) is 8.34. The number of aromatic nitrogens is 2. The monoisotopic (exact) mass is 346 g/mol. The minimum Gasteiger partial charge on any atom is -0.277 e. The molecule has 1 aromatic heterocycles. The molecule has 0 radical (unpaired) electrons. The van der Waals surface area contributed by atoms with Crippen LogP contribution in [0.4, 0.5) is 0 Å². The molecule has 0 aliphatic heterocycles. The summed E-state index contributed by atoms with van der Waals surface area (Å²) in [5.74, 6) is 0.824. The third-order valence-electron chi connectivity index (χ3n) is 2.21. The lowest BCUT2D eigenvalue weighted by Crippen LogP contribution is -2.21. The summed E-state index contributed by atoms with van der Waals surface area (Å²) in [7, 11) is 2.79. The minimum absolute atomic E-state index is 0.178. The molecule has 8 nitrogen and oxygen atoms in total. The zero-order valence-electron chi connectivity index (χ0n) is 12.3. The molecule has 0 spiro atoms. The largest absolute Gasteiger partial charge is 0.277 e. The van der Waals surface area contributed by atoms with Gasteiger partial charge in [-0.2, -0.15) is 0 Å². The molecule has 22 heavy (non-hydrogen) atoms. The van der Waals surface area contributed by atoms with Gasteiger partial charge in [-0.05, 0) is 0 Å². The van der Waals surface area contributed by atoms with Crippen molar-refractivity contribution in [2.24, 2.45) is 0 Å². The minimum atomic E-state index is -0.178. The molecule has 0 saturated carbocycles. The van der Waals surface area contributed by atoms with E-state index >= 15 is 0 Å². The molecule has 0 unspecified atom stereocenters. The second kappa shape index (κ2) is 11.2. The van der Waals surface area contributed by atoms with Gasteiger partial charge in [0.15, 0.2) is 0 Å². The molecule has 10 heteroatoms. The van der Waals surface area contributed by atoms with Crippen molar-refractivity contribution >= 4 is 35.3 Å². The smallest absolute Gasteiger partial charge is 0.244 e. The Bertz CT molecular complexity index is 451. The Labute approximate surface area is 137 Å². The first-order chi connectivity index (χ1) is 10.7. The van der Waals surface area contributed by atoms with Crippen LogP contribution in [0.15, 0.2) is 22.4 Å². The lowest BCUT2D eigenvalue weighted by atomic mass is 10.5. The van der Waals surface area contributed by atoms with E-state index in [1.165, 1.54) is 44.1 Å². The molecule has 0 bridgehead atoms. The van der Waals surface area contributed by atoms with E-state index in [-0.39, 0.29) is 11.8 Å². The van der Waals surface area contributed by atoms with Gasteiger partial charge >= 0.3 is 0 Å². The van der Waals surface area contributed by atoms with Crippen LogP contribution < -0.4 is 11.0 Å². The van der Waals surface area contributed by atoms with Gasteiger partial charge < -0.3 is 0 Å². The van der Waals surface area contributed by atoms with Crippen molar-refractivity contribution in [3.05, 3.63) is 12.4 Å². The van der Waals surface area contributed by atoms with E-state index in [0.717, 1.165) is 10.1 Å². The normalized spacial score (nSPS) is 10.3. The van der Waals surface area contributed by atoms with Gasteiger partial charge in [-0.1, -0.05) is 0 Å². The summed E-state index contributed by atoms with van der Waals surface area (Å²) in [5.41, 5.74) is 4.51. The number of hydrogen-bond acceptors (Lipinski definition) is 8. The summed E-state index contributed by atoms with van der Waals surface area (Å²) >= 11 is 2.91. The van der Waals surface area contributed by atoms with Crippen LogP contribution in [0.5, 0.6) is 0 Å². The summed E-state index contributed by atoms with van der Waals surface area (Å²) in [5, 5.41) is 1.56. The van der Waals surface area contributed by atoms with Gasteiger partial charge in [-0.3, -0.25) is 19.3 Å². The summed E-state index contributed by atoms with van der Waals surface area (Å²) < 4.78 is 0. The van der Waals surface area contributed by atoms with Crippen molar-refractivity contribution < 1.29 is 19.3 Å². The van der Waals surface area contributed by atoms with E-state index in [4.69, 9.17) is 0 Å². The van der Waals surface area contributed by atoms with Gasteiger partial charge in [0.25, 0.3) is 0 Å². The molecule has 1 rings (SSSR count). The second-order valence-electron chi connectivity index (χ2n) is 3.85. The van der Waals surface area contributed by atoms with Crippen molar-refractivity contribution in [1.82, 2.24) is 20.9 Å². The number of rotatable bonds is 10. The van der Waals surface area contributed by atoms with Crippen molar-refractivity contribution in [2.45, 2.75) is 22.9 Å². The molecule has 1 aromatic rings. The van der Waals surface area contributed by atoms with E-state index in [2.05, 4.69) is 30.6 Å². The summed E-state index contributed by atoms with van der Waals surface area (Å²) in [6, 6.07) is 1.83. The molecule has 2 N–H and O–H groups in total. The van der Waals surface area contributed by atoms with E-state index in [0.29, 0.717) is 24.3 Å². The van der Waals surface area contributed by atoms with Crippen LogP contribution >= 0.6 is 23.5 Å². The van der Waals surface area contributed by atoms with Crippen LogP contribution in [-0.2, 0) is 19.3 Å². The fourth-order valence-corrected chi connectivity index (χ4v) is 3.01. The van der Waals surface area contributed by atoms with Crippen molar-refractivity contribution in [3.63, 3.8) is 0 Å². The molecule has 2 amide bonds. The SMILES string of the molecule is CONC(=O)CCSc1cc(SCCC(=O)NOC)ncn1. The van der Waals surface area contributed by atoms with Crippen LogP contribution in [0.3, 0.4) is 0 Å². The predicted octanol–water partition coefficient (Wildman–Crippen LogP) is 0.796. The molecular weight excluding hydrogens is 328 g/mol. The summed E-state index contributed by atoms with van der Waals surface area (Å²) in [4.78, 5) is 39.8. The molecule has 122 valence electrons. The summed E-state index contributed by atoms with van der Waals surface area (Å²) in [6.07, 6.45) is 2.14. The highest BCUT2D eigenvalue weighted by molar-refractivity contribution is 8.00. The molecule has 0 aliphatic rings. The van der Waals surface area contributed by atoms with Gasteiger partial charge in [0.2, 0.25) is 11.8 Å². The van der Waals surface area contributed by atoms with Crippen LogP contribution in [0.2, 0.25) is 0 Å². The number of hydrogen-bond donors (Lipinski definition) is 2. The third-order valence-corrected chi connectivity index (χ3v) is 4.06. The van der Waals surface area contributed by atoms with Crippen molar-refractivity contribution in [1.29, 1.82) is 0 Å². The average molecular weight is 346 g/mol. The highest BCUT2D eigenvalue weighted by Gasteiger charge is 2.05. The van der Waals surface area contributed by atoms with E-state index in [9.17, 15) is 9.59 Å². The number of thioether (sulfide) groups is 2. The lowest BCUT2D eigenvalue weighted by molar-refractivity contribution is -0.131. The maximum atomic E-state index is 11.2. The maximum Gasteiger partial charge on any atom is 0.244 e. The molecule has 0 saturated heterocycles. The summed E-state index contributed by atoms with van der Waals surface area (Å²) in [6.45, 7) is 0. The molecule has 1 heterocycles. The molecule has 0 aliphatic carbocycles. The van der Waals surface area contributed by atoms with Crippen LogP contribution in [0, 0.1) is 0 Å². The van der Waals surface area contributed by atoms with Crippen LogP contribution in [0.25, 0.3) is 0 Å². The fourth-order valence-electron chi connectivity index (χ4n) is 1.31. The number of nitrogens with one attached hydrogen (secondary N) is 2. The van der Waals surface area contributed by atoms with Crippen molar-refractivity contribution in [2.75, 3.05) is 25.7 Å².